The number of ether oxygens (including phenoxy) is 1. The Morgan fingerprint density at radius 1 is 1.21 bits per heavy atom. The van der Waals surface area contributed by atoms with Crippen LogP contribution in [0.3, 0.4) is 0 Å². The number of nitrogens with zero attached hydrogens (tertiary/aromatic N) is 2. The van der Waals surface area contributed by atoms with Gasteiger partial charge in [-0.05, 0) is 18.6 Å². The molecular formula is C16H27N3O4S. The van der Waals surface area contributed by atoms with Crippen LogP contribution in [-0.4, -0.2) is 60.0 Å². The zero-order chi connectivity index (χ0) is 18.3. The van der Waals surface area contributed by atoms with Crippen LogP contribution in [0.4, 0.5) is 11.4 Å². The summed E-state index contributed by atoms with van der Waals surface area (Å²) in [6, 6.07) is 4.89. The van der Waals surface area contributed by atoms with Gasteiger partial charge in [-0.1, -0.05) is 19.4 Å². The van der Waals surface area contributed by atoms with E-state index in [1.165, 1.54) is 20.2 Å². The summed E-state index contributed by atoms with van der Waals surface area (Å²) < 4.78 is 31.5. The third-order valence-corrected chi connectivity index (χ3v) is 5.24. The Morgan fingerprint density at radius 3 is 2.42 bits per heavy atom. The van der Waals surface area contributed by atoms with Crippen LogP contribution in [0, 0.1) is 0 Å². The van der Waals surface area contributed by atoms with E-state index in [0.29, 0.717) is 12.3 Å². The molecule has 0 aliphatic carbocycles. The number of nitrogens with one attached hydrogen (secondary N) is 1. The molecule has 0 radical (unpaired) electrons. The predicted octanol–water partition coefficient (Wildman–Crippen LogP) is 1.76. The summed E-state index contributed by atoms with van der Waals surface area (Å²) in [6.07, 6.45) is 1.86. The van der Waals surface area contributed by atoms with Crippen LogP contribution in [0.15, 0.2) is 23.1 Å². The second kappa shape index (κ2) is 9.00. The molecule has 0 aromatic heterocycles. The summed E-state index contributed by atoms with van der Waals surface area (Å²) in [6.45, 7) is 2.43. The molecule has 0 bridgehead atoms. The van der Waals surface area contributed by atoms with Gasteiger partial charge < -0.3 is 15.0 Å². The first kappa shape index (κ1) is 20.4. The first-order valence-electron chi connectivity index (χ1n) is 7.82. The van der Waals surface area contributed by atoms with E-state index in [0.717, 1.165) is 17.1 Å². The maximum Gasteiger partial charge on any atom is 0.250 e. The van der Waals surface area contributed by atoms with Gasteiger partial charge >= 0.3 is 0 Å². The molecule has 0 aliphatic heterocycles. The van der Waals surface area contributed by atoms with Gasteiger partial charge in [-0.3, -0.25) is 4.79 Å². The lowest BCUT2D eigenvalue weighted by Gasteiger charge is -2.22. The summed E-state index contributed by atoms with van der Waals surface area (Å²) in [5.74, 6) is -0.379. The number of carbonyl (C=O) groups excluding carboxylic acids is 1. The van der Waals surface area contributed by atoms with Crippen LogP contribution < -0.4 is 10.2 Å². The van der Waals surface area contributed by atoms with Crippen LogP contribution in [0.1, 0.15) is 19.8 Å². The van der Waals surface area contributed by atoms with Gasteiger partial charge in [0.25, 0.3) is 0 Å². The molecular weight excluding hydrogens is 330 g/mol. The number of anilines is 2. The average molecular weight is 357 g/mol. The Labute approximate surface area is 144 Å². The Hall–Kier alpha value is -1.64. The van der Waals surface area contributed by atoms with E-state index in [-0.39, 0.29) is 23.1 Å². The summed E-state index contributed by atoms with van der Waals surface area (Å²) >= 11 is 0. The lowest BCUT2D eigenvalue weighted by Crippen LogP contribution is -2.27. The first-order valence-corrected chi connectivity index (χ1v) is 9.26. The molecule has 0 aliphatic rings. The third kappa shape index (κ3) is 5.19. The summed E-state index contributed by atoms with van der Waals surface area (Å²) in [7, 11) is 2.80. The number of para-hydroxylation sites is 1. The van der Waals surface area contributed by atoms with Crippen molar-refractivity contribution in [3.8, 4) is 0 Å². The molecule has 0 spiro atoms. The number of unbranched alkanes of at least 4 members (excludes halogenated alkanes) is 1. The molecule has 24 heavy (non-hydrogen) atoms. The lowest BCUT2D eigenvalue weighted by molar-refractivity contribution is -0.120. The second-order valence-electron chi connectivity index (χ2n) is 5.79. The Bertz CT molecular complexity index is 657. The quantitative estimate of drug-likeness (QED) is 0.681. The van der Waals surface area contributed by atoms with Gasteiger partial charge in [0.05, 0.1) is 11.4 Å². The number of hydrogen-bond acceptors (Lipinski definition) is 5. The highest BCUT2D eigenvalue weighted by atomic mass is 32.2. The van der Waals surface area contributed by atoms with E-state index in [9.17, 15) is 13.2 Å². The van der Waals surface area contributed by atoms with E-state index in [1.54, 1.807) is 31.1 Å². The van der Waals surface area contributed by atoms with Gasteiger partial charge in [-0.25, -0.2) is 12.7 Å². The van der Waals surface area contributed by atoms with Crippen LogP contribution in [0.5, 0.6) is 0 Å². The first-order chi connectivity index (χ1) is 11.2. The molecule has 1 aromatic rings. The maximum absolute atomic E-state index is 12.5. The lowest BCUT2D eigenvalue weighted by atomic mass is 10.2. The minimum Gasteiger partial charge on any atom is -0.376 e. The van der Waals surface area contributed by atoms with Crippen molar-refractivity contribution in [1.82, 2.24) is 4.31 Å². The van der Waals surface area contributed by atoms with Gasteiger partial charge in [-0.15, -0.1) is 0 Å². The fourth-order valence-corrected chi connectivity index (χ4v) is 3.07. The Morgan fingerprint density at radius 2 is 1.88 bits per heavy atom. The second-order valence-corrected chi connectivity index (χ2v) is 7.91. The molecule has 1 aromatic carbocycles. The van der Waals surface area contributed by atoms with Crippen LogP contribution in [-0.2, 0) is 19.6 Å². The van der Waals surface area contributed by atoms with E-state index >= 15 is 0 Å². The van der Waals surface area contributed by atoms with Crippen molar-refractivity contribution in [3.05, 3.63) is 18.2 Å². The Balaban J connectivity index is 3.12. The van der Waals surface area contributed by atoms with Gasteiger partial charge in [0.2, 0.25) is 15.9 Å². The molecule has 136 valence electrons. The van der Waals surface area contributed by atoms with Gasteiger partial charge in [0.15, 0.2) is 0 Å². The number of rotatable bonds is 9. The van der Waals surface area contributed by atoms with Crippen LogP contribution in [0.2, 0.25) is 0 Å². The average Bonchev–Trinajstić information content (AvgIpc) is 2.51. The molecule has 8 heteroatoms. The predicted molar refractivity (Wildman–Crippen MR) is 96.0 cm³/mol. The van der Waals surface area contributed by atoms with Crippen molar-refractivity contribution in [2.24, 2.45) is 0 Å². The van der Waals surface area contributed by atoms with Crippen molar-refractivity contribution in [1.29, 1.82) is 0 Å². The Kier molecular flexibility index (Phi) is 7.65. The van der Waals surface area contributed by atoms with Gasteiger partial charge in [0, 0.05) is 34.8 Å². The molecule has 0 heterocycles. The van der Waals surface area contributed by atoms with Crippen LogP contribution >= 0.6 is 0 Å². The van der Waals surface area contributed by atoms with Gasteiger partial charge in [-0.2, -0.15) is 0 Å². The normalized spacial score (nSPS) is 11.6. The number of carbonyl (C=O) groups is 1. The van der Waals surface area contributed by atoms with Crippen molar-refractivity contribution in [3.63, 3.8) is 0 Å². The number of sulfonamides is 1. The molecule has 1 rings (SSSR count). The molecule has 1 amide bonds. The molecule has 1 N–H and O–H groups in total. The molecule has 0 saturated heterocycles. The minimum absolute atomic E-state index is 0.0561. The topological polar surface area (TPSA) is 79.0 Å². The summed E-state index contributed by atoms with van der Waals surface area (Å²) in [5.41, 5.74) is 0.875. The fraction of sp³-hybridized carbons (Fsp3) is 0.562. The molecule has 0 saturated carbocycles. The number of hydrogen-bond donors (Lipinski definition) is 1. The summed E-state index contributed by atoms with van der Waals surface area (Å²) in [5, 5.41) is 2.69. The highest BCUT2D eigenvalue weighted by molar-refractivity contribution is 7.89. The monoisotopic (exact) mass is 357 g/mol. The van der Waals surface area contributed by atoms with Crippen molar-refractivity contribution >= 4 is 27.3 Å². The summed E-state index contributed by atoms with van der Waals surface area (Å²) in [4.78, 5) is 13.9. The van der Waals surface area contributed by atoms with Crippen LogP contribution in [0.25, 0.3) is 0 Å². The SMILES string of the molecule is CCCCOCC(=O)Nc1c(N(C)C)cccc1S(=O)(=O)N(C)C. The molecule has 7 nitrogen and oxygen atoms in total. The highest BCUT2D eigenvalue weighted by Gasteiger charge is 2.25. The molecule has 0 atom stereocenters. The number of amides is 1. The smallest absolute Gasteiger partial charge is 0.250 e. The van der Waals surface area contributed by atoms with Crippen molar-refractivity contribution in [2.75, 3.05) is 51.6 Å². The van der Waals surface area contributed by atoms with Gasteiger partial charge in [0.1, 0.15) is 11.5 Å². The fourth-order valence-electron chi connectivity index (χ4n) is 2.02. The molecule has 0 fully saturated rings. The van der Waals surface area contributed by atoms with Crippen molar-refractivity contribution < 1.29 is 17.9 Å². The zero-order valence-corrected chi connectivity index (χ0v) is 15.8. The number of benzene rings is 1. The van der Waals surface area contributed by atoms with E-state index < -0.39 is 10.0 Å². The minimum atomic E-state index is -3.69. The maximum atomic E-state index is 12.5. The largest absolute Gasteiger partial charge is 0.376 e. The van der Waals surface area contributed by atoms with Crippen molar-refractivity contribution in [2.45, 2.75) is 24.7 Å². The molecule has 0 unspecified atom stereocenters. The highest BCUT2D eigenvalue weighted by Crippen LogP contribution is 2.32. The van der Waals surface area contributed by atoms with E-state index in [4.69, 9.17) is 4.74 Å². The zero-order valence-electron chi connectivity index (χ0n) is 15.0. The van der Waals surface area contributed by atoms with E-state index in [2.05, 4.69) is 5.32 Å². The standard InChI is InChI=1S/C16H27N3O4S/c1-6-7-11-23-12-15(20)17-16-13(18(2)3)9-8-10-14(16)24(21,22)19(4)5/h8-10H,6-7,11-12H2,1-5H3,(H,17,20). The third-order valence-electron chi connectivity index (χ3n) is 3.38. The van der Waals surface area contributed by atoms with E-state index in [1.807, 2.05) is 6.92 Å².